The van der Waals surface area contributed by atoms with Gasteiger partial charge in [-0.2, -0.15) is 0 Å². The molecule has 0 bridgehead atoms. The number of rotatable bonds is 4. The molecular formula is C12H21NO3. The monoisotopic (exact) mass is 227 g/mol. The average Bonchev–Trinajstić information content (AvgIpc) is 2.56. The zero-order valence-corrected chi connectivity index (χ0v) is 10.6. The van der Waals surface area contributed by atoms with Crippen LogP contribution in [0.15, 0.2) is 0 Å². The first-order valence-corrected chi connectivity index (χ1v) is 5.99. The van der Waals surface area contributed by atoms with E-state index in [0.717, 1.165) is 0 Å². The van der Waals surface area contributed by atoms with Crippen molar-refractivity contribution >= 4 is 11.9 Å². The van der Waals surface area contributed by atoms with E-state index in [1.54, 1.807) is 4.90 Å². The number of carbonyl (C=O) groups is 2. The van der Waals surface area contributed by atoms with Crippen molar-refractivity contribution in [1.29, 1.82) is 0 Å². The maximum absolute atomic E-state index is 12.2. The van der Waals surface area contributed by atoms with Crippen LogP contribution in [0.2, 0.25) is 0 Å². The van der Waals surface area contributed by atoms with Crippen LogP contribution in [0.1, 0.15) is 40.5 Å². The van der Waals surface area contributed by atoms with Crippen molar-refractivity contribution in [1.82, 2.24) is 4.90 Å². The van der Waals surface area contributed by atoms with Crippen molar-refractivity contribution in [2.75, 3.05) is 13.1 Å². The maximum atomic E-state index is 12.2. The summed E-state index contributed by atoms with van der Waals surface area (Å²) in [6.45, 7) is 9.05. The zero-order valence-electron chi connectivity index (χ0n) is 10.6. The molecule has 0 spiro atoms. The lowest BCUT2D eigenvalue weighted by atomic mass is 9.85. The summed E-state index contributed by atoms with van der Waals surface area (Å²) in [5.74, 6) is -0.528. The van der Waals surface area contributed by atoms with Crippen LogP contribution in [0.3, 0.4) is 0 Å². The number of esters is 1. The summed E-state index contributed by atoms with van der Waals surface area (Å²) in [6.07, 6.45) is 0.899. The molecule has 0 aromatic rings. The molecule has 1 heterocycles. The van der Waals surface area contributed by atoms with E-state index in [4.69, 9.17) is 4.74 Å². The standard InChI is InChI=1S/C12H21NO3/c1-5-12(4)9(8-10(14)16-12)11(15)13(6-2)7-3/h9H,5-8H2,1-4H3/t9-,12+/m0/s1. The van der Waals surface area contributed by atoms with Crippen LogP contribution in [-0.4, -0.2) is 35.5 Å². The highest BCUT2D eigenvalue weighted by atomic mass is 16.6. The van der Waals surface area contributed by atoms with Crippen molar-refractivity contribution in [3.63, 3.8) is 0 Å². The molecule has 0 unspecified atom stereocenters. The van der Waals surface area contributed by atoms with Crippen LogP contribution in [0.5, 0.6) is 0 Å². The quantitative estimate of drug-likeness (QED) is 0.685. The second-order valence-corrected chi connectivity index (χ2v) is 4.41. The fourth-order valence-corrected chi connectivity index (χ4v) is 2.18. The molecule has 1 fully saturated rings. The van der Waals surface area contributed by atoms with E-state index in [9.17, 15) is 9.59 Å². The minimum absolute atomic E-state index is 0.0419. The highest BCUT2D eigenvalue weighted by Crippen LogP contribution is 2.36. The van der Waals surface area contributed by atoms with Crippen molar-refractivity contribution in [2.24, 2.45) is 5.92 Å². The summed E-state index contributed by atoms with van der Waals surface area (Å²) in [4.78, 5) is 25.3. The summed E-state index contributed by atoms with van der Waals surface area (Å²) < 4.78 is 5.28. The second kappa shape index (κ2) is 4.85. The van der Waals surface area contributed by atoms with Gasteiger partial charge in [-0.15, -0.1) is 0 Å². The molecule has 0 saturated carbocycles. The molecule has 92 valence electrons. The fourth-order valence-electron chi connectivity index (χ4n) is 2.18. The van der Waals surface area contributed by atoms with E-state index in [2.05, 4.69) is 0 Å². The van der Waals surface area contributed by atoms with Gasteiger partial charge in [-0.1, -0.05) is 6.92 Å². The Morgan fingerprint density at radius 3 is 2.44 bits per heavy atom. The van der Waals surface area contributed by atoms with E-state index in [1.165, 1.54) is 0 Å². The van der Waals surface area contributed by atoms with Gasteiger partial charge in [0, 0.05) is 13.1 Å². The molecule has 1 amide bonds. The van der Waals surface area contributed by atoms with Crippen LogP contribution in [-0.2, 0) is 14.3 Å². The second-order valence-electron chi connectivity index (χ2n) is 4.41. The van der Waals surface area contributed by atoms with Gasteiger partial charge in [0.25, 0.3) is 0 Å². The largest absolute Gasteiger partial charge is 0.458 e. The van der Waals surface area contributed by atoms with Gasteiger partial charge in [-0.3, -0.25) is 9.59 Å². The molecule has 1 aliphatic rings. The highest BCUT2D eigenvalue weighted by molar-refractivity contribution is 5.87. The number of hydrogen-bond donors (Lipinski definition) is 0. The van der Waals surface area contributed by atoms with Gasteiger partial charge >= 0.3 is 5.97 Å². The molecule has 0 radical (unpaired) electrons. The van der Waals surface area contributed by atoms with E-state index < -0.39 is 5.60 Å². The molecule has 0 aliphatic carbocycles. The Kier molecular flexibility index (Phi) is 3.94. The van der Waals surface area contributed by atoms with Gasteiger partial charge in [0.05, 0.1) is 12.3 Å². The molecule has 0 aromatic heterocycles. The van der Waals surface area contributed by atoms with E-state index in [0.29, 0.717) is 19.5 Å². The predicted octanol–water partition coefficient (Wildman–Crippen LogP) is 1.59. The van der Waals surface area contributed by atoms with Crippen LogP contribution < -0.4 is 0 Å². The summed E-state index contributed by atoms with van der Waals surface area (Å²) in [5.41, 5.74) is -0.614. The Morgan fingerprint density at radius 2 is 2.00 bits per heavy atom. The zero-order chi connectivity index (χ0) is 12.3. The fraction of sp³-hybridized carbons (Fsp3) is 0.833. The van der Waals surface area contributed by atoms with E-state index >= 15 is 0 Å². The number of hydrogen-bond acceptors (Lipinski definition) is 3. The maximum Gasteiger partial charge on any atom is 0.307 e. The molecule has 2 atom stereocenters. The Balaban J connectivity index is 2.86. The first-order chi connectivity index (χ1) is 7.48. The molecule has 0 aromatic carbocycles. The number of ether oxygens (including phenoxy) is 1. The lowest BCUT2D eigenvalue weighted by molar-refractivity contribution is -0.150. The summed E-state index contributed by atoms with van der Waals surface area (Å²) in [5, 5.41) is 0. The molecule has 1 saturated heterocycles. The third kappa shape index (κ3) is 2.20. The van der Waals surface area contributed by atoms with Crippen molar-refractivity contribution in [3.8, 4) is 0 Å². The SMILES string of the molecule is CCN(CC)C(=O)[C@@H]1CC(=O)O[C@]1(C)CC. The van der Waals surface area contributed by atoms with Crippen molar-refractivity contribution < 1.29 is 14.3 Å². The lowest BCUT2D eigenvalue weighted by Gasteiger charge is -2.31. The van der Waals surface area contributed by atoms with Crippen LogP contribution in [0.4, 0.5) is 0 Å². The van der Waals surface area contributed by atoms with Gasteiger partial charge < -0.3 is 9.64 Å². The topological polar surface area (TPSA) is 46.6 Å². The summed E-state index contributed by atoms with van der Waals surface area (Å²) in [7, 11) is 0. The molecule has 4 nitrogen and oxygen atoms in total. The number of carbonyl (C=O) groups excluding carboxylic acids is 2. The Hall–Kier alpha value is -1.06. The average molecular weight is 227 g/mol. The van der Waals surface area contributed by atoms with Gasteiger partial charge in [0.2, 0.25) is 5.91 Å². The van der Waals surface area contributed by atoms with Crippen LogP contribution in [0.25, 0.3) is 0 Å². The first kappa shape index (κ1) is 13.0. The Bertz CT molecular complexity index is 286. The molecular weight excluding hydrogens is 206 g/mol. The molecule has 0 N–H and O–H groups in total. The number of amides is 1. The minimum atomic E-state index is -0.614. The van der Waals surface area contributed by atoms with Crippen LogP contribution in [0, 0.1) is 5.92 Å². The van der Waals surface area contributed by atoms with Gasteiger partial charge in [0.1, 0.15) is 5.60 Å². The predicted molar refractivity (Wildman–Crippen MR) is 60.8 cm³/mol. The summed E-state index contributed by atoms with van der Waals surface area (Å²) in [6, 6.07) is 0. The Labute approximate surface area is 96.9 Å². The molecule has 1 aliphatic heterocycles. The summed E-state index contributed by atoms with van der Waals surface area (Å²) >= 11 is 0. The first-order valence-electron chi connectivity index (χ1n) is 5.99. The third-order valence-corrected chi connectivity index (χ3v) is 3.53. The molecule has 16 heavy (non-hydrogen) atoms. The smallest absolute Gasteiger partial charge is 0.307 e. The van der Waals surface area contributed by atoms with Gasteiger partial charge in [0.15, 0.2) is 0 Å². The van der Waals surface area contributed by atoms with Crippen LogP contribution >= 0.6 is 0 Å². The minimum Gasteiger partial charge on any atom is -0.458 e. The van der Waals surface area contributed by atoms with Crippen molar-refractivity contribution in [3.05, 3.63) is 0 Å². The normalized spacial score (nSPS) is 29.0. The molecule has 4 heteroatoms. The third-order valence-electron chi connectivity index (χ3n) is 3.53. The number of cyclic esters (lactones) is 1. The highest BCUT2D eigenvalue weighted by Gasteiger charge is 2.49. The van der Waals surface area contributed by atoms with Crippen molar-refractivity contribution in [2.45, 2.75) is 46.1 Å². The number of nitrogens with zero attached hydrogens (tertiary/aromatic N) is 1. The lowest BCUT2D eigenvalue weighted by Crippen LogP contribution is -2.44. The van der Waals surface area contributed by atoms with Gasteiger partial charge in [-0.05, 0) is 27.2 Å². The Morgan fingerprint density at radius 1 is 1.44 bits per heavy atom. The van der Waals surface area contributed by atoms with Gasteiger partial charge in [-0.25, -0.2) is 0 Å². The van der Waals surface area contributed by atoms with E-state index in [-0.39, 0.29) is 24.2 Å². The molecule has 1 rings (SSSR count). The van der Waals surface area contributed by atoms with E-state index in [1.807, 2.05) is 27.7 Å².